The molecule has 1 fully saturated rings. The number of aliphatic imine (C=N–C) groups is 1. The zero-order valence-corrected chi connectivity index (χ0v) is 21.3. The first kappa shape index (κ1) is 26.5. The van der Waals surface area contributed by atoms with Gasteiger partial charge in [-0.05, 0) is 51.3 Å². The minimum Gasteiger partial charge on any atom is -0.494 e. The van der Waals surface area contributed by atoms with Crippen molar-refractivity contribution in [3.63, 3.8) is 0 Å². The number of hydrogen-bond acceptors (Lipinski definition) is 7. The van der Waals surface area contributed by atoms with Gasteiger partial charge in [-0.1, -0.05) is 19.3 Å². The minimum atomic E-state index is -0.392. The molecule has 0 bridgehead atoms. The fourth-order valence-corrected chi connectivity index (χ4v) is 4.47. The van der Waals surface area contributed by atoms with E-state index in [9.17, 15) is 14.4 Å². The molecule has 0 unspecified atom stereocenters. The molecule has 0 spiro atoms. The van der Waals surface area contributed by atoms with Gasteiger partial charge in [-0.3, -0.25) is 19.7 Å². The number of amides is 2. The van der Waals surface area contributed by atoms with Gasteiger partial charge in [0.25, 0.3) is 0 Å². The Hall–Kier alpha value is -3.10. The molecule has 1 saturated carbocycles. The van der Waals surface area contributed by atoms with E-state index in [1.807, 2.05) is 30.1 Å². The average molecular weight is 487 g/mol. The molecule has 1 heterocycles. The van der Waals surface area contributed by atoms with E-state index in [0.29, 0.717) is 49.4 Å². The fraction of sp³-hybridized carbons (Fsp3) is 0.615. The Morgan fingerprint density at radius 1 is 1.20 bits per heavy atom. The van der Waals surface area contributed by atoms with Gasteiger partial charge in [-0.15, -0.1) is 0 Å². The van der Waals surface area contributed by atoms with Crippen molar-refractivity contribution in [2.75, 3.05) is 20.2 Å². The van der Waals surface area contributed by atoms with Crippen LogP contribution in [-0.2, 0) is 25.7 Å². The van der Waals surface area contributed by atoms with E-state index in [-0.39, 0.29) is 24.5 Å². The van der Waals surface area contributed by atoms with Crippen molar-refractivity contribution < 1.29 is 23.9 Å². The van der Waals surface area contributed by atoms with E-state index in [0.717, 1.165) is 18.4 Å². The molecule has 0 aromatic heterocycles. The van der Waals surface area contributed by atoms with Gasteiger partial charge in [0.2, 0.25) is 17.8 Å². The van der Waals surface area contributed by atoms with Gasteiger partial charge in [0.15, 0.2) is 0 Å². The average Bonchev–Trinajstić information content (AvgIpc) is 2.81. The molecule has 1 aromatic rings. The molecule has 2 aliphatic rings. The van der Waals surface area contributed by atoms with Crippen LogP contribution in [0.15, 0.2) is 23.2 Å². The number of carbonyl (C=O) groups excluding carboxylic acids is 3. The lowest BCUT2D eigenvalue weighted by Gasteiger charge is -2.31. The van der Waals surface area contributed by atoms with Crippen LogP contribution in [0.3, 0.4) is 0 Å². The Bertz CT molecular complexity index is 940. The van der Waals surface area contributed by atoms with E-state index in [4.69, 9.17) is 9.47 Å². The van der Waals surface area contributed by atoms with Crippen LogP contribution in [0.2, 0.25) is 0 Å². The topological polar surface area (TPSA) is 101 Å². The number of nitrogens with one attached hydrogen (secondary N) is 1. The van der Waals surface area contributed by atoms with Crippen LogP contribution in [0.4, 0.5) is 5.69 Å². The quantitative estimate of drug-likeness (QED) is 0.423. The van der Waals surface area contributed by atoms with Gasteiger partial charge in [-0.2, -0.15) is 0 Å². The molecule has 3 rings (SSSR count). The van der Waals surface area contributed by atoms with Crippen LogP contribution < -0.4 is 10.1 Å². The summed E-state index contributed by atoms with van der Waals surface area (Å²) in [6, 6.07) is 5.92. The molecule has 9 heteroatoms. The van der Waals surface area contributed by atoms with Crippen molar-refractivity contribution in [1.29, 1.82) is 0 Å². The third-order valence-corrected chi connectivity index (χ3v) is 6.23. The molecule has 1 N–H and O–H groups in total. The van der Waals surface area contributed by atoms with Gasteiger partial charge in [0.05, 0.1) is 18.4 Å². The summed E-state index contributed by atoms with van der Waals surface area (Å²) in [5.74, 6) is 0.518. The first-order valence-corrected chi connectivity index (χ1v) is 12.5. The van der Waals surface area contributed by atoms with Crippen molar-refractivity contribution in [3.8, 4) is 5.75 Å². The van der Waals surface area contributed by atoms with E-state index in [1.54, 1.807) is 18.7 Å². The van der Waals surface area contributed by atoms with E-state index in [2.05, 4.69) is 10.3 Å². The second kappa shape index (κ2) is 12.6. The maximum absolute atomic E-state index is 12.5. The van der Waals surface area contributed by atoms with E-state index in [1.165, 1.54) is 26.2 Å². The molecule has 9 nitrogen and oxygen atoms in total. The van der Waals surface area contributed by atoms with Crippen molar-refractivity contribution >= 4 is 29.4 Å². The third kappa shape index (κ3) is 7.97. The second-order valence-electron chi connectivity index (χ2n) is 9.55. The van der Waals surface area contributed by atoms with E-state index >= 15 is 0 Å². The Balaban J connectivity index is 1.56. The Morgan fingerprint density at radius 2 is 1.94 bits per heavy atom. The minimum absolute atomic E-state index is 0.0293. The molecule has 192 valence electrons. The predicted molar refractivity (Wildman–Crippen MR) is 133 cm³/mol. The van der Waals surface area contributed by atoms with Gasteiger partial charge in [-0.25, -0.2) is 4.99 Å². The molecule has 1 aromatic carbocycles. The number of esters is 1. The number of hydrogen-bond donors (Lipinski definition) is 1. The van der Waals surface area contributed by atoms with Crippen molar-refractivity contribution in [2.45, 2.75) is 84.4 Å². The molecular formula is C26H38N4O5. The van der Waals surface area contributed by atoms with Crippen LogP contribution in [0, 0.1) is 0 Å². The van der Waals surface area contributed by atoms with Gasteiger partial charge in [0, 0.05) is 38.5 Å². The van der Waals surface area contributed by atoms with Crippen LogP contribution in [0.1, 0.15) is 71.3 Å². The van der Waals surface area contributed by atoms with Crippen LogP contribution in [-0.4, -0.2) is 65.9 Å². The summed E-state index contributed by atoms with van der Waals surface area (Å²) in [7, 11) is 1.92. The Kier molecular flexibility index (Phi) is 9.51. The number of nitrogens with zero attached hydrogens (tertiary/aromatic N) is 3. The van der Waals surface area contributed by atoms with Crippen LogP contribution in [0.5, 0.6) is 5.75 Å². The summed E-state index contributed by atoms with van der Waals surface area (Å²) < 4.78 is 11.2. The first-order valence-electron chi connectivity index (χ1n) is 12.5. The van der Waals surface area contributed by atoms with Gasteiger partial charge in [0.1, 0.15) is 12.3 Å². The number of carbonyl (C=O) groups is 3. The molecule has 1 aliphatic carbocycles. The smallest absolute Gasteiger partial charge is 0.325 e. The van der Waals surface area contributed by atoms with Crippen LogP contribution in [0.25, 0.3) is 0 Å². The SMILES string of the molecule is CC(=O)NC1=Nc2ccc(OCCCC(=O)N(C)C3CCCCC3)cc2CN1CC(=O)OC(C)C. The number of ether oxygens (including phenoxy) is 2. The predicted octanol–water partition coefficient (Wildman–Crippen LogP) is 3.53. The molecule has 0 radical (unpaired) electrons. The highest BCUT2D eigenvalue weighted by Crippen LogP contribution is 2.30. The summed E-state index contributed by atoms with van der Waals surface area (Å²) in [6.45, 7) is 5.77. The molecule has 35 heavy (non-hydrogen) atoms. The number of benzene rings is 1. The maximum atomic E-state index is 12.5. The molecular weight excluding hydrogens is 448 g/mol. The molecule has 0 atom stereocenters. The lowest BCUT2D eigenvalue weighted by atomic mass is 9.94. The normalized spacial score (nSPS) is 15.8. The third-order valence-electron chi connectivity index (χ3n) is 6.23. The highest BCUT2D eigenvalue weighted by molar-refractivity contribution is 5.99. The standard InChI is InChI=1S/C26H38N4O5/c1-18(2)35-25(33)17-30-16-20-15-22(12-13-23(20)28-26(30)27-19(3)31)34-14-8-11-24(32)29(4)21-9-6-5-7-10-21/h12-13,15,18,21H,5-11,14,16-17H2,1-4H3,(H,27,28,31). The summed E-state index contributed by atoms with van der Waals surface area (Å²) in [5.41, 5.74) is 1.58. The molecule has 2 amide bonds. The lowest BCUT2D eigenvalue weighted by molar-refractivity contribution is -0.148. The molecule has 0 saturated heterocycles. The monoisotopic (exact) mass is 486 g/mol. The zero-order valence-electron chi connectivity index (χ0n) is 21.3. The summed E-state index contributed by atoms with van der Waals surface area (Å²) in [5, 5.41) is 2.69. The highest BCUT2D eigenvalue weighted by Gasteiger charge is 2.25. The summed E-state index contributed by atoms with van der Waals surface area (Å²) in [6.07, 6.45) is 6.77. The molecule has 1 aliphatic heterocycles. The lowest BCUT2D eigenvalue weighted by Crippen LogP contribution is -2.46. The maximum Gasteiger partial charge on any atom is 0.325 e. The zero-order chi connectivity index (χ0) is 25.4. The van der Waals surface area contributed by atoms with Crippen molar-refractivity contribution in [1.82, 2.24) is 15.1 Å². The van der Waals surface area contributed by atoms with Gasteiger partial charge >= 0.3 is 5.97 Å². The second-order valence-corrected chi connectivity index (χ2v) is 9.55. The Morgan fingerprint density at radius 3 is 2.63 bits per heavy atom. The fourth-order valence-electron chi connectivity index (χ4n) is 4.47. The number of fused-ring (bicyclic) bond motifs is 1. The summed E-state index contributed by atoms with van der Waals surface area (Å²) >= 11 is 0. The number of rotatable bonds is 9. The van der Waals surface area contributed by atoms with E-state index < -0.39 is 5.97 Å². The Labute approximate surface area is 207 Å². The van der Waals surface area contributed by atoms with Crippen LogP contribution >= 0.6 is 0 Å². The van der Waals surface area contributed by atoms with Crippen molar-refractivity contribution in [2.24, 2.45) is 4.99 Å². The highest BCUT2D eigenvalue weighted by atomic mass is 16.5. The largest absolute Gasteiger partial charge is 0.494 e. The number of guanidine groups is 1. The summed E-state index contributed by atoms with van der Waals surface area (Å²) in [4.78, 5) is 44.5. The van der Waals surface area contributed by atoms with Crippen molar-refractivity contribution in [3.05, 3.63) is 23.8 Å². The van der Waals surface area contributed by atoms with Gasteiger partial charge < -0.3 is 19.3 Å². The first-order chi connectivity index (χ1) is 16.7.